The van der Waals surface area contributed by atoms with E-state index in [0.717, 1.165) is 11.1 Å². The number of hydrogen-bond acceptors (Lipinski definition) is 6. The Kier molecular flexibility index (Phi) is 7.22. The lowest BCUT2D eigenvalue weighted by molar-refractivity contribution is 0.0526. The Morgan fingerprint density at radius 1 is 1.09 bits per heavy atom. The average molecular weight is 479 g/mol. The summed E-state index contributed by atoms with van der Waals surface area (Å²) in [6.07, 6.45) is 0. The first-order valence-corrected chi connectivity index (χ1v) is 11.9. The number of urea groups is 1. The summed E-state index contributed by atoms with van der Waals surface area (Å²) in [5, 5.41) is 3.43. The number of carbonyl (C=O) groups is 3. The summed E-state index contributed by atoms with van der Waals surface area (Å²) in [6, 6.07) is 16.6. The molecule has 0 radical (unpaired) electrons. The predicted octanol–water partition coefficient (Wildman–Crippen LogP) is 4.00. The van der Waals surface area contributed by atoms with E-state index in [1.807, 2.05) is 36.4 Å². The van der Waals surface area contributed by atoms with Gasteiger partial charge in [0.15, 0.2) is 5.13 Å². The second kappa shape index (κ2) is 10.5. The first-order chi connectivity index (χ1) is 16.5. The van der Waals surface area contributed by atoms with Crippen molar-refractivity contribution in [2.45, 2.75) is 26.9 Å². The molecule has 3 aromatic rings. The van der Waals surface area contributed by atoms with Crippen LogP contribution in [-0.4, -0.2) is 47.5 Å². The summed E-state index contributed by atoms with van der Waals surface area (Å²) in [5.74, 6) is -0.584. The highest BCUT2D eigenvalue weighted by Crippen LogP contribution is 2.29. The molecule has 1 aliphatic rings. The second-order valence-electron chi connectivity index (χ2n) is 7.86. The first kappa shape index (κ1) is 23.4. The fraction of sp³-hybridized carbons (Fsp3) is 0.280. The average Bonchev–Trinajstić information content (AvgIpc) is 3.40. The number of aromatic nitrogens is 1. The van der Waals surface area contributed by atoms with Crippen molar-refractivity contribution in [1.82, 2.24) is 15.2 Å². The number of benzene rings is 2. The van der Waals surface area contributed by atoms with Crippen LogP contribution in [0.4, 0.5) is 9.93 Å². The molecule has 0 saturated carbocycles. The number of nitrogens with zero attached hydrogens (tertiary/aromatic N) is 3. The lowest BCUT2D eigenvalue weighted by atomic mass is 10.1. The Balaban J connectivity index is 1.40. The van der Waals surface area contributed by atoms with Gasteiger partial charge in [0.1, 0.15) is 4.88 Å². The number of esters is 1. The molecule has 1 aliphatic heterocycles. The summed E-state index contributed by atoms with van der Waals surface area (Å²) in [4.78, 5) is 46.1. The van der Waals surface area contributed by atoms with Gasteiger partial charge in [-0.2, -0.15) is 0 Å². The summed E-state index contributed by atoms with van der Waals surface area (Å²) >= 11 is 1.22. The molecule has 0 aliphatic carbocycles. The zero-order valence-electron chi connectivity index (χ0n) is 19.1. The zero-order valence-corrected chi connectivity index (χ0v) is 19.9. The lowest BCUT2D eigenvalue weighted by Gasteiger charge is -2.17. The van der Waals surface area contributed by atoms with Crippen LogP contribution in [0.1, 0.15) is 43.8 Å². The molecular formula is C25H26N4O4S. The molecule has 0 spiro atoms. The molecule has 9 heteroatoms. The molecule has 1 aromatic heterocycles. The largest absolute Gasteiger partial charge is 0.462 e. The molecule has 4 rings (SSSR count). The Labute approximate surface area is 202 Å². The number of nitrogens with one attached hydrogen (secondary N) is 1. The summed E-state index contributed by atoms with van der Waals surface area (Å²) in [5.41, 5.74) is 2.91. The van der Waals surface area contributed by atoms with Gasteiger partial charge in [-0.1, -0.05) is 53.8 Å². The minimum absolute atomic E-state index is 0.175. The van der Waals surface area contributed by atoms with Crippen LogP contribution >= 0.6 is 11.3 Å². The van der Waals surface area contributed by atoms with Gasteiger partial charge >= 0.3 is 12.0 Å². The molecule has 1 saturated heterocycles. The van der Waals surface area contributed by atoms with Crippen LogP contribution in [-0.2, 0) is 17.8 Å². The molecule has 2 aromatic carbocycles. The van der Waals surface area contributed by atoms with Crippen molar-refractivity contribution >= 4 is 34.4 Å². The molecule has 2 heterocycles. The molecule has 0 bridgehead atoms. The number of amides is 3. The van der Waals surface area contributed by atoms with Crippen LogP contribution in [0.2, 0.25) is 0 Å². The molecular weight excluding hydrogens is 452 g/mol. The van der Waals surface area contributed by atoms with Crippen molar-refractivity contribution in [3.8, 4) is 0 Å². The van der Waals surface area contributed by atoms with Gasteiger partial charge in [-0.05, 0) is 37.1 Å². The van der Waals surface area contributed by atoms with Crippen LogP contribution in [0.5, 0.6) is 0 Å². The number of ether oxygens (including phenoxy) is 1. The van der Waals surface area contributed by atoms with Gasteiger partial charge < -0.3 is 15.0 Å². The van der Waals surface area contributed by atoms with Gasteiger partial charge in [0.05, 0.1) is 17.9 Å². The molecule has 176 valence electrons. The van der Waals surface area contributed by atoms with Crippen molar-refractivity contribution in [1.29, 1.82) is 0 Å². The second-order valence-corrected chi connectivity index (χ2v) is 8.83. The van der Waals surface area contributed by atoms with E-state index >= 15 is 0 Å². The van der Waals surface area contributed by atoms with Gasteiger partial charge in [0, 0.05) is 26.2 Å². The number of anilines is 1. The first-order valence-electron chi connectivity index (χ1n) is 11.1. The highest BCUT2D eigenvalue weighted by molar-refractivity contribution is 7.17. The van der Waals surface area contributed by atoms with E-state index in [2.05, 4.69) is 10.3 Å². The number of aryl methyl sites for hydroxylation is 1. The van der Waals surface area contributed by atoms with Gasteiger partial charge in [-0.3, -0.25) is 9.69 Å². The molecule has 34 heavy (non-hydrogen) atoms. The van der Waals surface area contributed by atoms with Crippen molar-refractivity contribution in [3.05, 3.63) is 81.9 Å². The van der Waals surface area contributed by atoms with E-state index in [9.17, 15) is 14.4 Å². The number of rotatable bonds is 8. The van der Waals surface area contributed by atoms with Crippen LogP contribution in [0.25, 0.3) is 0 Å². The van der Waals surface area contributed by atoms with Crippen molar-refractivity contribution in [2.75, 3.05) is 24.6 Å². The van der Waals surface area contributed by atoms with Gasteiger partial charge in [-0.15, -0.1) is 0 Å². The van der Waals surface area contributed by atoms with Gasteiger partial charge in [0.25, 0.3) is 5.91 Å². The van der Waals surface area contributed by atoms with Crippen LogP contribution in [0, 0.1) is 6.92 Å². The summed E-state index contributed by atoms with van der Waals surface area (Å²) in [6.45, 7) is 5.65. The van der Waals surface area contributed by atoms with Crippen molar-refractivity contribution in [3.63, 3.8) is 0 Å². The molecule has 0 atom stereocenters. The third-order valence-electron chi connectivity index (χ3n) is 5.42. The highest BCUT2D eigenvalue weighted by atomic mass is 32.1. The SMILES string of the molecule is CCOC(=O)c1cccc(CN2CCN(c3nc(C)c(C(=O)NCc4ccccc4)s3)C2=O)c1. The van der Waals surface area contributed by atoms with E-state index in [0.29, 0.717) is 54.1 Å². The maximum absolute atomic E-state index is 13.1. The maximum atomic E-state index is 13.1. The molecule has 0 unspecified atom stereocenters. The Morgan fingerprint density at radius 2 is 1.85 bits per heavy atom. The normalized spacial score (nSPS) is 13.3. The molecule has 3 amide bonds. The number of hydrogen-bond donors (Lipinski definition) is 1. The van der Waals surface area contributed by atoms with Crippen molar-refractivity contribution < 1.29 is 19.1 Å². The predicted molar refractivity (Wildman–Crippen MR) is 130 cm³/mol. The fourth-order valence-corrected chi connectivity index (χ4v) is 4.71. The zero-order chi connectivity index (χ0) is 24.1. The minimum atomic E-state index is -0.380. The van der Waals surface area contributed by atoms with E-state index in [4.69, 9.17) is 4.74 Å². The Morgan fingerprint density at radius 3 is 2.62 bits per heavy atom. The lowest BCUT2D eigenvalue weighted by Crippen LogP contribution is -2.31. The Hall–Kier alpha value is -3.72. The van der Waals surface area contributed by atoms with Crippen molar-refractivity contribution in [2.24, 2.45) is 0 Å². The molecule has 1 fully saturated rings. The molecule has 8 nitrogen and oxygen atoms in total. The maximum Gasteiger partial charge on any atom is 0.338 e. The molecule has 1 N–H and O–H groups in total. The topological polar surface area (TPSA) is 91.8 Å². The van der Waals surface area contributed by atoms with Crippen LogP contribution in [0.15, 0.2) is 54.6 Å². The number of carbonyl (C=O) groups excluding carboxylic acids is 3. The minimum Gasteiger partial charge on any atom is -0.462 e. The standard InChI is InChI=1S/C25H26N4O4S/c1-3-33-23(31)20-11-7-10-19(14-20)16-28-12-13-29(25(28)32)24-27-17(2)21(34-24)22(30)26-15-18-8-5-4-6-9-18/h4-11,14H,3,12-13,15-16H2,1-2H3,(H,26,30). The van der Waals surface area contributed by atoms with Gasteiger partial charge in [0.2, 0.25) is 0 Å². The van der Waals surface area contributed by atoms with Crippen LogP contribution < -0.4 is 10.2 Å². The summed E-state index contributed by atoms with van der Waals surface area (Å²) in [7, 11) is 0. The quantitative estimate of drug-likeness (QED) is 0.494. The third-order valence-corrected chi connectivity index (χ3v) is 6.60. The Bertz CT molecular complexity index is 1190. The highest BCUT2D eigenvalue weighted by Gasteiger charge is 2.32. The van der Waals surface area contributed by atoms with Gasteiger partial charge in [-0.25, -0.2) is 14.6 Å². The summed E-state index contributed by atoms with van der Waals surface area (Å²) < 4.78 is 5.06. The van der Waals surface area contributed by atoms with E-state index < -0.39 is 0 Å². The van der Waals surface area contributed by atoms with E-state index in [1.165, 1.54) is 11.3 Å². The van der Waals surface area contributed by atoms with E-state index in [-0.39, 0.29) is 17.9 Å². The van der Waals surface area contributed by atoms with Crippen LogP contribution in [0.3, 0.4) is 0 Å². The smallest absolute Gasteiger partial charge is 0.338 e. The van der Waals surface area contributed by atoms with E-state index in [1.54, 1.807) is 41.8 Å². The third kappa shape index (κ3) is 5.26. The number of thiazole rings is 1. The fourth-order valence-electron chi connectivity index (χ4n) is 3.71. The monoisotopic (exact) mass is 478 g/mol.